The standard InChI is InChI=1S/C22H34O3/c1-6-9-16-10-11-17-13-15(4)21(5,25)22(12-7-2,14-18(23)8-3)19(17)20(16)24/h10-11,15,24-25H,6-9,12-14H2,1-5H3/t15?,21?,22-/m1/s1. The van der Waals surface area contributed by atoms with Crippen molar-refractivity contribution in [2.45, 2.75) is 90.6 Å². The molecular weight excluding hydrogens is 312 g/mol. The molecule has 0 bridgehead atoms. The molecule has 0 spiro atoms. The summed E-state index contributed by atoms with van der Waals surface area (Å²) < 4.78 is 0. The molecule has 140 valence electrons. The Labute approximate surface area is 152 Å². The lowest BCUT2D eigenvalue weighted by Crippen LogP contribution is -2.58. The first kappa shape index (κ1) is 20.0. The van der Waals surface area contributed by atoms with E-state index in [0.717, 1.165) is 42.4 Å². The molecule has 0 radical (unpaired) electrons. The normalized spacial score (nSPS) is 28.6. The maximum atomic E-state index is 12.5. The van der Waals surface area contributed by atoms with Gasteiger partial charge < -0.3 is 10.2 Å². The number of phenols is 1. The lowest BCUT2D eigenvalue weighted by atomic mass is 9.53. The summed E-state index contributed by atoms with van der Waals surface area (Å²) >= 11 is 0. The van der Waals surface area contributed by atoms with Crippen LogP contribution in [-0.2, 0) is 23.1 Å². The minimum absolute atomic E-state index is 0.0348. The number of ketones is 1. The number of Topliss-reactive ketones (excluding diaryl/α,β-unsaturated/α-hetero) is 1. The van der Waals surface area contributed by atoms with Crippen molar-refractivity contribution in [3.8, 4) is 5.75 Å². The number of aromatic hydroxyl groups is 1. The van der Waals surface area contributed by atoms with Crippen LogP contribution in [0.2, 0.25) is 0 Å². The van der Waals surface area contributed by atoms with Gasteiger partial charge in [0.25, 0.3) is 0 Å². The van der Waals surface area contributed by atoms with Gasteiger partial charge in [-0.1, -0.05) is 52.7 Å². The van der Waals surface area contributed by atoms with Gasteiger partial charge in [0.05, 0.1) is 5.60 Å². The minimum Gasteiger partial charge on any atom is -0.507 e. The number of phenolic OH excluding ortho intramolecular Hbond substituents is 1. The molecule has 0 aromatic heterocycles. The van der Waals surface area contributed by atoms with Crippen LogP contribution in [0.3, 0.4) is 0 Å². The van der Waals surface area contributed by atoms with Crippen molar-refractivity contribution in [1.29, 1.82) is 0 Å². The Bertz CT molecular complexity index is 632. The number of aryl methyl sites for hydroxylation is 1. The van der Waals surface area contributed by atoms with E-state index in [1.54, 1.807) is 0 Å². The maximum absolute atomic E-state index is 12.5. The van der Waals surface area contributed by atoms with Crippen molar-refractivity contribution < 1.29 is 15.0 Å². The van der Waals surface area contributed by atoms with Gasteiger partial charge in [-0.15, -0.1) is 0 Å². The lowest BCUT2D eigenvalue weighted by molar-refractivity contribution is -0.128. The molecular formula is C22H34O3. The summed E-state index contributed by atoms with van der Waals surface area (Å²) in [5.74, 6) is 0.491. The van der Waals surface area contributed by atoms with Gasteiger partial charge in [-0.05, 0) is 43.2 Å². The third-order valence-electron chi connectivity index (χ3n) is 6.37. The molecule has 0 aliphatic heterocycles. The number of hydrogen-bond acceptors (Lipinski definition) is 3. The minimum atomic E-state index is -1.02. The second-order valence-corrected chi connectivity index (χ2v) is 8.01. The highest BCUT2D eigenvalue weighted by atomic mass is 16.3. The van der Waals surface area contributed by atoms with Crippen molar-refractivity contribution in [3.63, 3.8) is 0 Å². The smallest absolute Gasteiger partial charge is 0.133 e. The highest BCUT2D eigenvalue weighted by Crippen LogP contribution is 2.55. The number of aliphatic hydroxyl groups is 1. The van der Waals surface area contributed by atoms with Gasteiger partial charge in [-0.3, -0.25) is 4.79 Å². The highest BCUT2D eigenvalue weighted by molar-refractivity contribution is 5.80. The zero-order chi connectivity index (χ0) is 18.8. The van der Waals surface area contributed by atoms with E-state index in [9.17, 15) is 15.0 Å². The number of fused-ring (bicyclic) bond motifs is 1. The van der Waals surface area contributed by atoms with Gasteiger partial charge >= 0.3 is 0 Å². The van der Waals surface area contributed by atoms with Crippen LogP contribution >= 0.6 is 0 Å². The van der Waals surface area contributed by atoms with Gasteiger partial charge in [-0.2, -0.15) is 0 Å². The largest absolute Gasteiger partial charge is 0.507 e. The molecule has 2 N–H and O–H groups in total. The van der Waals surface area contributed by atoms with Crippen LogP contribution < -0.4 is 0 Å². The SMILES string of the molecule is CCCc1ccc2c(c1O)[C@@](CCC)(CC(=O)CC)C(C)(O)C(C)C2. The second-order valence-electron chi connectivity index (χ2n) is 8.01. The molecule has 1 aromatic rings. The summed E-state index contributed by atoms with van der Waals surface area (Å²) in [6, 6.07) is 4.12. The van der Waals surface area contributed by atoms with Crippen molar-refractivity contribution in [2.24, 2.45) is 5.92 Å². The van der Waals surface area contributed by atoms with Gasteiger partial charge in [0.15, 0.2) is 0 Å². The summed E-state index contributed by atoms with van der Waals surface area (Å²) in [6.07, 6.45) is 4.80. The molecule has 1 aliphatic carbocycles. The van der Waals surface area contributed by atoms with E-state index in [4.69, 9.17) is 0 Å². The summed E-state index contributed by atoms with van der Waals surface area (Å²) in [5.41, 5.74) is 1.12. The number of carbonyl (C=O) groups is 1. The number of rotatable bonds is 7. The molecule has 0 saturated heterocycles. The summed E-state index contributed by atoms with van der Waals surface area (Å²) in [6.45, 7) is 9.97. The van der Waals surface area contributed by atoms with Crippen molar-refractivity contribution in [1.82, 2.24) is 0 Å². The molecule has 1 aliphatic rings. The molecule has 1 aromatic carbocycles. The Morgan fingerprint density at radius 1 is 1.24 bits per heavy atom. The van der Waals surface area contributed by atoms with E-state index in [1.807, 2.05) is 19.9 Å². The Morgan fingerprint density at radius 2 is 1.92 bits per heavy atom. The fourth-order valence-corrected chi connectivity index (χ4v) is 4.73. The highest BCUT2D eigenvalue weighted by Gasteiger charge is 2.56. The van der Waals surface area contributed by atoms with Crippen LogP contribution in [0.1, 0.15) is 83.4 Å². The van der Waals surface area contributed by atoms with Crippen LogP contribution in [-0.4, -0.2) is 21.6 Å². The third-order valence-corrected chi connectivity index (χ3v) is 6.37. The molecule has 3 atom stereocenters. The first-order chi connectivity index (χ1) is 11.7. The Kier molecular flexibility index (Phi) is 5.98. The molecule has 0 amide bonds. The number of hydrogen-bond donors (Lipinski definition) is 2. The summed E-state index contributed by atoms with van der Waals surface area (Å²) in [4.78, 5) is 12.5. The Morgan fingerprint density at radius 3 is 2.48 bits per heavy atom. The molecule has 0 heterocycles. The van der Waals surface area contributed by atoms with E-state index in [0.29, 0.717) is 25.0 Å². The van der Waals surface area contributed by atoms with E-state index in [2.05, 4.69) is 26.8 Å². The van der Waals surface area contributed by atoms with Gasteiger partial charge in [0.1, 0.15) is 11.5 Å². The zero-order valence-electron chi connectivity index (χ0n) is 16.5. The fourth-order valence-electron chi connectivity index (χ4n) is 4.73. The average molecular weight is 347 g/mol. The predicted octanol–water partition coefficient (Wildman–Crippen LogP) is 4.70. The van der Waals surface area contributed by atoms with Crippen LogP contribution in [0, 0.1) is 5.92 Å². The zero-order valence-corrected chi connectivity index (χ0v) is 16.5. The Hall–Kier alpha value is -1.35. The van der Waals surface area contributed by atoms with Crippen molar-refractivity contribution in [3.05, 3.63) is 28.8 Å². The molecule has 0 saturated carbocycles. The molecule has 3 heteroatoms. The lowest BCUT2D eigenvalue weighted by Gasteiger charge is -2.53. The first-order valence-corrected chi connectivity index (χ1v) is 9.83. The molecule has 2 rings (SSSR count). The van der Waals surface area contributed by atoms with Crippen LogP contribution in [0.4, 0.5) is 0 Å². The molecule has 3 nitrogen and oxygen atoms in total. The van der Waals surface area contributed by atoms with Crippen molar-refractivity contribution >= 4 is 5.78 Å². The van der Waals surface area contributed by atoms with E-state index < -0.39 is 11.0 Å². The second kappa shape index (κ2) is 7.49. The predicted molar refractivity (Wildman–Crippen MR) is 102 cm³/mol. The van der Waals surface area contributed by atoms with Gasteiger partial charge in [0, 0.05) is 23.8 Å². The number of benzene rings is 1. The van der Waals surface area contributed by atoms with Crippen LogP contribution in [0.25, 0.3) is 0 Å². The number of carbonyl (C=O) groups excluding carboxylic acids is 1. The molecule has 25 heavy (non-hydrogen) atoms. The van der Waals surface area contributed by atoms with Gasteiger partial charge in [0.2, 0.25) is 0 Å². The Balaban J connectivity index is 2.77. The van der Waals surface area contributed by atoms with Crippen LogP contribution in [0.15, 0.2) is 12.1 Å². The van der Waals surface area contributed by atoms with E-state index >= 15 is 0 Å². The van der Waals surface area contributed by atoms with Crippen LogP contribution in [0.5, 0.6) is 5.75 Å². The topological polar surface area (TPSA) is 57.5 Å². The monoisotopic (exact) mass is 346 g/mol. The van der Waals surface area contributed by atoms with E-state index in [1.165, 1.54) is 0 Å². The summed E-state index contributed by atoms with van der Waals surface area (Å²) in [7, 11) is 0. The molecule has 0 fully saturated rings. The third kappa shape index (κ3) is 3.23. The first-order valence-electron chi connectivity index (χ1n) is 9.83. The van der Waals surface area contributed by atoms with Crippen molar-refractivity contribution in [2.75, 3.05) is 0 Å². The van der Waals surface area contributed by atoms with E-state index in [-0.39, 0.29) is 11.7 Å². The van der Waals surface area contributed by atoms with Gasteiger partial charge in [-0.25, -0.2) is 0 Å². The molecule has 2 unspecified atom stereocenters. The summed E-state index contributed by atoms with van der Waals surface area (Å²) in [5, 5.41) is 22.7. The maximum Gasteiger partial charge on any atom is 0.133 e. The quantitative estimate of drug-likeness (QED) is 0.752. The fraction of sp³-hybridized carbons (Fsp3) is 0.682. The average Bonchev–Trinajstić information content (AvgIpc) is 2.55.